The van der Waals surface area contributed by atoms with Crippen LogP contribution in [-0.4, -0.2) is 35.1 Å². The molecule has 0 aromatic carbocycles. The molecule has 1 amide bonds. The van der Waals surface area contributed by atoms with Gasteiger partial charge in [0.05, 0.1) is 5.92 Å². The number of rotatable bonds is 2. The zero-order valence-electron chi connectivity index (χ0n) is 10.6. The summed E-state index contributed by atoms with van der Waals surface area (Å²) in [6.07, 6.45) is 6.26. The summed E-state index contributed by atoms with van der Waals surface area (Å²) >= 11 is 5.47. The van der Waals surface area contributed by atoms with Crippen LogP contribution in [0.1, 0.15) is 32.1 Å². The lowest BCUT2D eigenvalue weighted by atomic mass is 9.95. The highest BCUT2D eigenvalue weighted by molar-refractivity contribution is 7.80. The normalized spacial score (nSPS) is 38.1. The minimum Gasteiger partial charge on any atom is -0.369 e. The molecule has 3 fully saturated rings. The number of amides is 1. The zero-order valence-corrected chi connectivity index (χ0v) is 11.4. The smallest absolute Gasteiger partial charge is 0.222 e. The van der Waals surface area contributed by atoms with Gasteiger partial charge in [0.1, 0.15) is 0 Å². The molecule has 1 saturated heterocycles. The van der Waals surface area contributed by atoms with Crippen LogP contribution in [0, 0.1) is 17.8 Å². The molecule has 3 N–H and O–H groups in total. The number of primary amides is 1. The zero-order chi connectivity index (χ0) is 12.7. The molecule has 0 radical (unpaired) electrons. The monoisotopic (exact) mass is 267 g/mol. The van der Waals surface area contributed by atoms with E-state index in [0.717, 1.165) is 29.9 Å². The molecule has 5 heteroatoms. The molecule has 0 spiro atoms. The van der Waals surface area contributed by atoms with Crippen molar-refractivity contribution in [3.8, 4) is 0 Å². The molecular weight excluding hydrogens is 246 g/mol. The Hall–Kier alpha value is -0.840. The molecule has 0 aromatic heterocycles. The van der Waals surface area contributed by atoms with E-state index in [9.17, 15) is 4.79 Å². The number of hydrogen-bond donors (Lipinski definition) is 2. The first kappa shape index (κ1) is 12.2. The molecule has 2 saturated carbocycles. The van der Waals surface area contributed by atoms with Crippen LogP contribution in [0.25, 0.3) is 0 Å². The highest BCUT2D eigenvalue weighted by atomic mass is 32.1. The summed E-state index contributed by atoms with van der Waals surface area (Å²) < 4.78 is 0. The maximum atomic E-state index is 11.2. The van der Waals surface area contributed by atoms with Gasteiger partial charge in [-0.2, -0.15) is 0 Å². The summed E-state index contributed by atoms with van der Waals surface area (Å²) in [5, 5.41) is 4.35. The lowest BCUT2D eigenvalue weighted by molar-refractivity contribution is -0.121. The van der Waals surface area contributed by atoms with Crippen molar-refractivity contribution in [1.29, 1.82) is 0 Å². The number of nitrogens with one attached hydrogen (secondary N) is 1. The van der Waals surface area contributed by atoms with Crippen molar-refractivity contribution >= 4 is 23.2 Å². The van der Waals surface area contributed by atoms with Crippen LogP contribution < -0.4 is 11.1 Å². The lowest BCUT2D eigenvalue weighted by Gasteiger charge is -2.28. The van der Waals surface area contributed by atoms with Crippen LogP contribution in [0.2, 0.25) is 0 Å². The molecule has 2 aliphatic carbocycles. The van der Waals surface area contributed by atoms with Crippen molar-refractivity contribution < 1.29 is 4.79 Å². The van der Waals surface area contributed by atoms with E-state index in [2.05, 4.69) is 10.2 Å². The van der Waals surface area contributed by atoms with Gasteiger partial charge in [0, 0.05) is 19.1 Å². The van der Waals surface area contributed by atoms with Crippen LogP contribution in [0.4, 0.5) is 0 Å². The van der Waals surface area contributed by atoms with Gasteiger partial charge in [0.2, 0.25) is 5.91 Å². The summed E-state index contributed by atoms with van der Waals surface area (Å²) in [5.41, 5.74) is 5.34. The third-order valence-corrected chi connectivity index (χ3v) is 5.30. The highest BCUT2D eigenvalue weighted by Gasteiger charge is 2.40. The predicted octanol–water partition coefficient (Wildman–Crippen LogP) is 0.857. The van der Waals surface area contributed by atoms with Crippen molar-refractivity contribution in [2.24, 2.45) is 23.5 Å². The van der Waals surface area contributed by atoms with Gasteiger partial charge in [-0.05, 0) is 49.7 Å². The SMILES string of the molecule is NC(=O)C1CCN(C(=S)NC2CC3CCC2C3)C1. The van der Waals surface area contributed by atoms with E-state index >= 15 is 0 Å². The first-order valence-corrected chi connectivity index (χ1v) is 7.39. The second-order valence-corrected chi connectivity index (χ2v) is 6.45. The van der Waals surface area contributed by atoms with Crippen LogP contribution in [0.15, 0.2) is 0 Å². The van der Waals surface area contributed by atoms with Gasteiger partial charge in [-0.1, -0.05) is 6.42 Å². The number of hydrogen-bond acceptors (Lipinski definition) is 2. The third kappa shape index (κ3) is 2.20. The van der Waals surface area contributed by atoms with E-state index in [4.69, 9.17) is 18.0 Å². The summed E-state index contributed by atoms with van der Waals surface area (Å²) in [6.45, 7) is 1.56. The van der Waals surface area contributed by atoms with Crippen LogP contribution in [-0.2, 0) is 4.79 Å². The van der Waals surface area contributed by atoms with E-state index in [1.165, 1.54) is 25.7 Å². The Morgan fingerprint density at radius 3 is 2.67 bits per heavy atom. The van der Waals surface area contributed by atoms with Crippen molar-refractivity contribution in [2.45, 2.75) is 38.1 Å². The molecule has 1 aliphatic heterocycles. The standard InChI is InChI=1S/C13H21N3OS/c14-12(17)10-3-4-16(7-10)13(18)15-11-6-8-1-2-9(11)5-8/h8-11H,1-7H2,(H2,14,17)(H,15,18). The van der Waals surface area contributed by atoms with Crippen LogP contribution >= 0.6 is 12.2 Å². The van der Waals surface area contributed by atoms with E-state index in [0.29, 0.717) is 12.6 Å². The Kier molecular flexibility index (Phi) is 3.18. The Balaban J connectivity index is 1.52. The number of thiocarbonyl (C=S) groups is 1. The summed E-state index contributed by atoms with van der Waals surface area (Å²) in [5.74, 6) is 1.53. The summed E-state index contributed by atoms with van der Waals surface area (Å²) in [4.78, 5) is 13.3. The molecule has 4 atom stereocenters. The minimum absolute atomic E-state index is 0.0234. The van der Waals surface area contributed by atoms with E-state index in [1.807, 2.05) is 0 Å². The second-order valence-electron chi connectivity index (χ2n) is 6.06. The van der Waals surface area contributed by atoms with Gasteiger partial charge in [0.15, 0.2) is 5.11 Å². The Bertz CT molecular complexity index is 373. The first-order chi connectivity index (χ1) is 8.63. The van der Waals surface area contributed by atoms with Crippen molar-refractivity contribution in [1.82, 2.24) is 10.2 Å². The van der Waals surface area contributed by atoms with Gasteiger partial charge in [-0.15, -0.1) is 0 Å². The number of carbonyl (C=O) groups is 1. The Labute approximate surface area is 113 Å². The fraction of sp³-hybridized carbons (Fsp3) is 0.846. The van der Waals surface area contributed by atoms with Crippen molar-refractivity contribution in [3.63, 3.8) is 0 Å². The van der Waals surface area contributed by atoms with Gasteiger partial charge in [-0.3, -0.25) is 4.79 Å². The van der Waals surface area contributed by atoms with Gasteiger partial charge < -0.3 is 16.0 Å². The number of nitrogens with two attached hydrogens (primary N) is 1. The molecule has 0 aromatic rings. The van der Waals surface area contributed by atoms with E-state index in [1.54, 1.807) is 0 Å². The molecule has 18 heavy (non-hydrogen) atoms. The van der Waals surface area contributed by atoms with E-state index < -0.39 is 0 Å². The van der Waals surface area contributed by atoms with Crippen molar-refractivity contribution in [3.05, 3.63) is 0 Å². The number of likely N-dealkylation sites (tertiary alicyclic amines) is 1. The molecule has 1 heterocycles. The Morgan fingerprint density at radius 1 is 1.28 bits per heavy atom. The minimum atomic E-state index is -0.194. The third-order valence-electron chi connectivity index (χ3n) is 4.92. The number of fused-ring (bicyclic) bond motifs is 2. The molecule has 2 bridgehead atoms. The van der Waals surface area contributed by atoms with Crippen LogP contribution in [0.3, 0.4) is 0 Å². The fourth-order valence-corrected chi connectivity index (χ4v) is 4.17. The summed E-state index contributed by atoms with van der Waals surface area (Å²) in [6, 6.07) is 0.573. The second kappa shape index (κ2) is 4.68. The van der Waals surface area contributed by atoms with Crippen molar-refractivity contribution in [2.75, 3.05) is 13.1 Å². The van der Waals surface area contributed by atoms with Gasteiger partial charge in [-0.25, -0.2) is 0 Å². The molecule has 3 aliphatic rings. The largest absolute Gasteiger partial charge is 0.369 e. The molecular formula is C13H21N3OS. The molecule has 4 unspecified atom stereocenters. The maximum absolute atomic E-state index is 11.2. The highest BCUT2D eigenvalue weighted by Crippen LogP contribution is 2.44. The first-order valence-electron chi connectivity index (χ1n) is 6.98. The summed E-state index contributed by atoms with van der Waals surface area (Å²) in [7, 11) is 0. The average molecular weight is 267 g/mol. The quantitative estimate of drug-likeness (QED) is 0.729. The van der Waals surface area contributed by atoms with E-state index in [-0.39, 0.29) is 11.8 Å². The van der Waals surface area contributed by atoms with Gasteiger partial charge >= 0.3 is 0 Å². The fourth-order valence-electron chi connectivity index (χ4n) is 3.85. The molecule has 100 valence electrons. The van der Waals surface area contributed by atoms with Crippen LogP contribution in [0.5, 0.6) is 0 Å². The predicted molar refractivity (Wildman–Crippen MR) is 73.8 cm³/mol. The Morgan fingerprint density at radius 2 is 2.11 bits per heavy atom. The topological polar surface area (TPSA) is 58.4 Å². The molecule has 3 rings (SSSR count). The van der Waals surface area contributed by atoms with Gasteiger partial charge in [0.25, 0.3) is 0 Å². The average Bonchev–Trinajstić information content (AvgIpc) is 3.04. The number of nitrogens with zero attached hydrogens (tertiary/aromatic N) is 1. The maximum Gasteiger partial charge on any atom is 0.222 e. The number of carbonyl (C=O) groups excluding carboxylic acids is 1. The molecule has 4 nitrogen and oxygen atoms in total. The lowest BCUT2D eigenvalue weighted by Crippen LogP contribution is -2.46.